The Balaban J connectivity index is 1.88. The standard InChI is InChI=1S/C19H24N4O2/c1-12(2)25-15-3-4-17(20)16(10-15)19(21)13-5-7-22-18(9-13)23-8-6-14(24)11-23/h3-5,7,9-10,12,14,21,24H,6,8,11,20H2,1-2H3/t14-/m0/s1. The second kappa shape index (κ2) is 7.11. The van der Waals surface area contributed by atoms with Gasteiger partial charge >= 0.3 is 0 Å². The van der Waals surface area contributed by atoms with Crippen molar-refractivity contribution in [2.45, 2.75) is 32.5 Å². The van der Waals surface area contributed by atoms with E-state index in [1.807, 2.05) is 30.9 Å². The highest BCUT2D eigenvalue weighted by Crippen LogP contribution is 2.25. The fourth-order valence-corrected chi connectivity index (χ4v) is 2.95. The predicted molar refractivity (Wildman–Crippen MR) is 99.6 cm³/mol. The molecular weight excluding hydrogens is 316 g/mol. The molecule has 1 aromatic heterocycles. The third-order valence-electron chi connectivity index (χ3n) is 4.19. The summed E-state index contributed by atoms with van der Waals surface area (Å²) in [6, 6.07) is 9.05. The van der Waals surface area contributed by atoms with Crippen molar-refractivity contribution in [3.05, 3.63) is 47.7 Å². The highest BCUT2D eigenvalue weighted by molar-refractivity contribution is 6.14. The van der Waals surface area contributed by atoms with E-state index >= 15 is 0 Å². The van der Waals surface area contributed by atoms with E-state index in [0.717, 1.165) is 24.3 Å². The van der Waals surface area contributed by atoms with E-state index in [4.69, 9.17) is 15.9 Å². The fourth-order valence-electron chi connectivity index (χ4n) is 2.95. The second-order valence-electron chi connectivity index (χ2n) is 6.58. The Kier molecular flexibility index (Phi) is 4.90. The van der Waals surface area contributed by atoms with Crippen LogP contribution in [0.25, 0.3) is 0 Å². The number of nitrogens with zero attached hydrogens (tertiary/aromatic N) is 2. The number of anilines is 2. The summed E-state index contributed by atoms with van der Waals surface area (Å²) >= 11 is 0. The summed E-state index contributed by atoms with van der Waals surface area (Å²) in [6.45, 7) is 5.26. The number of benzene rings is 1. The molecule has 0 spiro atoms. The summed E-state index contributed by atoms with van der Waals surface area (Å²) in [4.78, 5) is 6.40. The second-order valence-corrected chi connectivity index (χ2v) is 6.58. The van der Waals surface area contributed by atoms with Crippen LogP contribution in [0.2, 0.25) is 0 Å². The minimum atomic E-state index is -0.314. The molecule has 1 aromatic carbocycles. The number of hydrogen-bond acceptors (Lipinski definition) is 6. The molecule has 0 aliphatic carbocycles. The van der Waals surface area contributed by atoms with Crippen molar-refractivity contribution in [2.24, 2.45) is 0 Å². The van der Waals surface area contributed by atoms with Gasteiger partial charge in [-0.1, -0.05) is 0 Å². The maximum Gasteiger partial charge on any atom is 0.129 e. The number of ether oxygens (including phenoxy) is 1. The summed E-state index contributed by atoms with van der Waals surface area (Å²) in [5.74, 6) is 1.47. The van der Waals surface area contributed by atoms with E-state index in [0.29, 0.717) is 29.3 Å². The molecule has 132 valence electrons. The van der Waals surface area contributed by atoms with E-state index in [1.54, 1.807) is 24.4 Å². The molecule has 25 heavy (non-hydrogen) atoms. The molecule has 1 fully saturated rings. The van der Waals surface area contributed by atoms with Crippen LogP contribution in [0, 0.1) is 5.41 Å². The van der Waals surface area contributed by atoms with Gasteiger partial charge in [-0.05, 0) is 50.6 Å². The Bertz CT molecular complexity index is 776. The molecule has 2 aromatic rings. The molecule has 0 saturated carbocycles. The maximum absolute atomic E-state index is 9.71. The molecular formula is C19H24N4O2. The first kappa shape index (κ1) is 17.2. The average molecular weight is 340 g/mol. The summed E-state index contributed by atoms with van der Waals surface area (Å²) < 4.78 is 5.71. The molecule has 1 saturated heterocycles. The van der Waals surface area contributed by atoms with Crippen LogP contribution in [0.1, 0.15) is 31.4 Å². The van der Waals surface area contributed by atoms with Crippen LogP contribution in [0.5, 0.6) is 5.75 Å². The van der Waals surface area contributed by atoms with Gasteiger partial charge in [0.2, 0.25) is 0 Å². The molecule has 6 nitrogen and oxygen atoms in total. The molecule has 0 amide bonds. The number of pyridine rings is 1. The van der Waals surface area contributed by atoms with E-state index < -0.39 is 0 Å². The van der Waals surface area contributed by atoms with Crippen molar-refractivity contribution in [3.8, 4) is 5.75 Å². The van der Waals surface area contributed by atoms with Gasteiger partial charge < -0.3 is 20.5 Å². The van der Waals surface area contributed by atoms with Gasteiger partial charge in [0.15, 0.2) is 0 Å². The van der Waals surface area contributed by atoms with Crippen molar-refractivity contribution in [1.82, 2.24) is 4.98 Å². The van der Waals surface area contributed by atoms with Crippen LogP contribution >= 0.6 is 0 Å². The van der Waals surface area contributed by atoms with Crippen LogP contribution in [-0.4, -0.2) is 41.1 Å². The fraction of sp³-hybridized carbons (Fsp3) is 0.368. The quantitative estimate of drug-likeness (QED) is 0.574. The topological polar surface area (TPSA) is 95.5 Å². The third kappa shape index (κ3) is 3.91. The van der Waals surface area contributed by atoms with Gasteiger partial charge in [0.25, 0.3) is 0 Å². The number of nitrogen functional groups attached to an aromatic ring is 1. The third-order valence-corrected chi connectivity index (χ3v) is 4.19. The summed E-state index contributed by atoms with van der Waals surface area (Å²) in [5, 5.41) is 18.3. The Morgan fingerprint density at radius 3 is 2.84 bits per heavy atom. The zero-order chi connectivity index (χ0) is 18.0. The lowest BCUT2D eigenvalue weighted by Crippen LogP contribution is -2.22. The lowest BCUT2D eigenvalue weighted by molar-refractivity contribution is 0.198. The zero-order valence-corrected chi connectivity index (χ0v) is 14.6. The highest BCUT2D eigenvalue weighted by atomic mass is 16.5. The molecule has 3 rings (SSSR count). The molecule has 1 atom stereocenters. The summed E-state index contributed by atoms with van der Waals surface area (Å²) in [5.41, 5.74) is 8.32. The largest absolute Gasteiger partial charge is 0.491 e. The first-order chi connectivity index (χ1) is 11.9. The molecule has 0 unspecified atom stereocenters. The number of aliphatic hydroxyl groups excluding tert-OH is 1. The van der Waals surface area contributed by atoms with E-state index in [9.17, 15) is 5.11 Å². The Hall–Kier alpha value is -2.60. The highest BCUT2D eigenvalue weighted by Gasteiger charge is 2.22. The van der Waals surface area contributed by atoms with Crippen molar-refractivity contribution in [3.63, 3.8) is 0 Å². The molecule has 2 heterocycles. The zero-order valence-electron chi connectivity index (χ0n) is 14.6. The van der Waals surface area contributed by atoms with Crippen molar-refractivity contribution in [2.75, 3.05) is 23.7 Å². The SMILES string of the molecule is CC(C)Oc1ccc(N)c(C(=N)c2ccnc(N3CC[C@H](O)C3)c2)c1. The van der Waals surface area contributed by atoms with E-state index in [-0.39, 0.29) is 12.2 Å². The number of β-amino-alcohol motifs (C(OH)–C–C–N with tert-alkyl or cyclic N) is 1. The van der Waals surface area contributed by atoms with Crippen LogP contribution in [0.15, 0.2) is 36.5 Å². The lowest BCUT2D eigenvalue weighted by Gasteiger charge is -2.18. The van der Waals surface area contributed by atoms with Crippen LogP contribution in [-0.2, 0) is 0 Å². The number of aliphatic hydroxyl groups is 1. The molecule has 1 aliphatic heterocycles. The smallest absolute Gasteiger partial charge is 0.129 e. The minimum Gasteiger partial charge on any atom is -0.491 e. The molecule has 4 N–H and O–H groups in total. The monoisotopic (exact) mass is 340 g/mol. The van der Waals surface area contributed by atoms with Gasteiger partial charge in [-0.2, -0.15) is 0 Å². The summed E-state index contributed by atoms with van der Waals surface area (Å²) in [7, 11) is 0. The van der Waals surface area contributed by atoms with Crippen LogP contribution in [0.3, 0.4) is 0 Å². The molecule has 6 heteroatoms. The van der Waals surface area contributed by atoms with Gasteiger partial charge in [0.1, 0.15) is 11.6 Å². The van der Waals surface area contributed by atoms with Gasteiger partial charge in [-0.25, -0.2) is 4.98 Å². The Morgan fingerprint density at radius 2 is 2.16 bits per heavy atom. The first-order valence-corrected chi connectivity index (χ1v) is 8.48. The van der Waals surface area contributed by atoms with E-state index in [2.05, 4.69) is 4.98 Å². The lowest BCUT2D eigenvalue weighted by atomic mass is 10.0. The van der Waals surface area contributed by atoms with Crippen molar-refractivity contribution >= 4 is 17.2 Å². The van der Waals surface area contributed by atoms with Gasteiger partial charge in [-0.3, -0.25) is 5.41 Å². The van der Waals surface area contributed by atoms with Crippen molar-refractivity contribution < 1.29 is 9.84 Å². The average Bonchev–Trinajstić information content (AvgIpc) is 3.02. The summed E-state index contributed by atoms with van der Waals surface area (Å²) in [6.07, 6.45) is 2.17. The Labute approximate surface area is 147 Å². The number of hydrogen-bond donors (Lipinski definition) is 3. The van der Waals surface area contributed by atoms with Gasteiger partial charge in [0.05, 0.1) is 17.9 Å². The Morgan fingerprint density at radius 1 is 1.36 bits per heavy atom. The van der Waals surface area contributed by atoms with Gasteiger partial charge in [0, 0.05) is 36.1 Å². The number of aromatic nitrogens is 1. The minimum absolute atomic E-state index is 0.0554. The first-order valence-electron chi connectivity index (χ1n) is 8.48. The molecule has 0 radical (unpaired) electrons. The maximum atomic E-state index is 9.71. The van der Waals surface area contributed by atoms with Crippen LogP contribution < -0.4 is 15.4 Å². The number of nitrogens with one attached hydrogen (secondary N) is 1. The van der Waals surface area contributed by atoms with Crippen molar-refractivity contribution in [1.29, 1.82) is 5.41 Å². The van der Waals surface area contributed by atoms with Gasteiger partial charge in [-0.15, -0.1) is 0 Å². The number of rotatable bonds is 5. The molecule has 1 aliphatic rings. The normalized spacial score (nSPS) is 17.1. The number of nitrogens with two attached hydrogens (primary N) is 1. The van der Waals surface area contributed by atoms with Crippen LogP contribution in [0.4, 0.5) is 11.5 Å². The predicted octanol–water partition coefficient (Wildman–Crippen LogP) is 2.44. The van der Waals surface area contributed by atoms with E-state index in [1.165, 1.54) is 0 Å². The molecule has 0 bridgehead atoms.